The lowest BCUT2D eigenvalue weighted by atomic mass is 10.0. The summed E-state index contributed by atoms with van der Waals surface area (Å²) in [5.41, 5.74) is 5.76. The first-order valence-corrected chi connectivity index (χ1v) is 9.35. The van der Waals surface area contributed by atoms with E-state index in [9.17, 15) is 24.3 Å². The molecule has 10 nitrogen and oxygen atoms in total. The van der Waals surface area contributed by atoms with Gasteiger partial charge >= 0.3 is 5.97 Å². The molecule has 5 unspecified atom stereocenters. The minimum absolute atomic E-state index is 0.0186. The number of aliphatic carboxylic acids is 1. The van der Waals surface area contributed by atoms with Gasteiger partial charge in [-0.15, -0.1) is 0 Å². The molecule has 162 valence electrons. The number of amides is 3. The van der Waals surface area contributed by atoms with Crippen LogP contribution in [0.15, 0.2) is 0 Å². The second-order valence-corrected chi connectivity index (χ2v) is 7.76. The van der Waals surface area contributed by atoms with E-state index in [1.165, 1.54) is 13.8 Å². The molecule has 0 aromatic carbocycles. The highest BCUT2D eigenvalue weighted by Crippen LogP contribution is 2.07. The summed E-state index contributed by atoms with van der Waals surface area (Å²) in [7, 11) is 0. The van der Waals surface area contributed by atoms with Gasteiger partial charge in [0.15, 0.2) is 0 Å². The summed E-state index contributed by atoms with van der Waals surface area (Å²) < 4.78 is 0. The topological polar surface area (TPSA) is 171 Å². The van der Waals surface area contributed by atoms with Crippen molar-refractivity contribution in [2.24, 2.45) is 17.6 Å². The summed E-state index contributed by atoms with van der Waals surface area (Å²) in [6.45, 7) is 9.80. The lowest BCUT2D eigenvalue weighted by Crippen LogP contribution is -2.60. The normalized spacial score (nSPS) is 16.6. The monoisotopic (exact) mass is 402 g/mol. The van der Waals surface area contributed by atoms with E-state index >= 15 is 0 Å². The van der Waals surface area contributed by atoms with E-state index < -0.39 is 54.0 Å². The van der Waals surface area contributed by atoms with Crippen LogP contribution < -0.4 is 21.7 Å². The molecule has 0 aliphatic heterocycles. The van der Waals surface area contributed by atoms with Gasteiger partial charge in [0.25, 0.3) is 0 Å². The Bertz CT molecular complexity index is 564. The Morgan fingerprint density at radius 2 is 1.39 bits per heavy atom. The number of nitrogens with two attached hydrogens (primary N) is 1. The van der Waals surface area contributed by atoms with Gasteiger partial charge in [-0.05, 0) is 32.1 Å². The molecule has 0 aliphatic carbocycles. The molecule has 0 saturated carbocycles. The zero-order valence-corrected chi connectivity index (χ0v) is 17.4. The predicted octanol–water partition coefficient (Wildman–Crippen LogP) is -1.04. The molecule has 10 heteroatoms. The third-order valence-electron chi connectivity index (χ3n) is 4.15. The van der Waals surface area contributed by atoms with Crippen LogP contribution in [0.5, 0.6) is 0 Å². The summed E-state index contributed by atoms with van der Waals surface area (Å²) in [6.07, 6.45) is -0.986. The number of nitrogens with one attached hydrogen (secondary N) is 3. The summed E-state index contributed by atoms with van der Waals surface area (Å²) in [5, 5.41) is 26.0. The quantitative estimate of drug-likeness (QED) is 0.256. The van der Waals surface area contributed by atoms with Crippen molar-refractivity contribution < 1.29 is 29.4 Å². The number of carbonyl (C=O) groups excluding carboxylic acids is 3. The zero-order chi connectivity index (χ0) is 22.2. The van der Waals surface area contributed by atoms with E-state index in [2.05, 4.69) is 16.0 Å². The van der Waals surface area contributed by atoms with Crippen molar-refractivity contribution in [1.29, 1.82) is 0 Å². The highest BCUT2D eigenvalue weighted by molar-refractivity contribution is 5.94. The van der Waals surface area contributed by atoms with Gasteiger partial charge < -0.3 is 31.9 Å². The lowest BCUT2D eigenvalue weighted by Gasteiger charge is -2.27. The molecule has 0 spiro atoms. The van der Waals surface area contributed by atoms with E-state index in [-0.39, 0.29) is 18.3 Å². The SMILES string of the molecule is CC(C)CC(NC(=O)C(NC(=O)C(N)C(C)C)C(C)O)C(=O)NC(C)C(=O)O. The summed E-state index contributed by atoms with van der Waals surface area (Å²) in [5.74, 6) is -3.38. The van der Waals surface area contributed by atoms with Crippen LogP contribution in [0.2, 0.25) is 0 Å². The molecule has 0 saturated heterocycles. The molecule has 0 bridgehead atoms. The molecule has 3 amide bonds. The van der Waals surface area contributed by atoms with Gasteiger partial charge in [-0.25, -0.2) is 0 Å². The fraction of sp³-hybridized carbons (Fsp3) is 0.778. The first-order chi connectivity index (χ1) is 12.8. The van der Waals surface area contributed by atoms with Crippen LogP contribution in [0.3, 0.4) is 0 Å². The maximum atomic E-state index is 12.6. The van der Waals surface area contributed by atoms with Crippen LogP contribution in [0, 0.1) is 11.8 Å². The number of carboxylic acid groups (broad SMARTS) is 1. The van der Waals surface area contributed by atoms with E-state index in [0.717, 1.165) is 0 Å². The smallest absolute Gasteiger partial charge is 0.325 e. The van der Waals surface area contributed by atoms with E-state index in [1.54, 1.807) is 13.8 Å². The van der Waals surface area contributed by atoms with E-state index in [0.29, 0.717) is 0 Å². The Kier molecular flexibility index (Phi) is 10.7. The van der Waals surface area contributed by atoms with Crippen LogP contribution in [-0.2, 0) is 19.2 Å². The highest BCUT2D eigenvalue weighted by Gasteiger charge is 2.32. The molecular weight excluding hydrogens is 368 g/mol. The second kappa shape index (κ2) is 11.6. The molecule has 0 rings (SSSR count). The fourth-order valence-electron chi connectivity index (χ4n) is 2.30. The van der Waals surface area contributed by atoms with Crippen molar-refractivity contribution in [2.45, 2.75) is 78.2 Å². The second-order valence-electron chi connectivity index (χ2n) is 7.76. The summed E-state index contributed by atoms with van der Waals surface area (Å²) >= 11 is 0. The third kappa shape index (κ3) is 8.66. The molecular formula is C18H34N4O6. The number of hydrogen-bond donors (Lipinski definition) is 6. The minimum Gasteiger partial charge on any atom is -0.480 e. The maximum absolute atomic E-state index is 12.6. The van der Waals surface area contributed by atoms with Crippen LogP contribution in [0.25, 0.3) is 0 Å². The Morgan fingerprint density at radius 1 is 0.857 bits per heavy atom. The molecule has 0 heterocycles. The number of rotatable bonds is 11. The lowest BCUT2D eigenvalue weighted by molar-refractivity contribution is -0.142. The Hall–Kier alpha value is -2.20. The van der Waals surface area contributed by atoms with Crippen molar-refractivity contribution in [3.63, 3.8) is 0 Å². The van der Waals surface area contributed by atoms with Crippen LogP contribution in [0.1, 0.15) is 48.0 Å². The molecule has 5 atom stereocenters. The van der Waals surface area contributed by atoms with Gasteiger partial charge in [-0.2, -0.15) is 0 Å². The van der Waals surface area contributed by atoms with Crippen LogP contribution >= 0.6 is 0 Å². The summed E-state index contributed by atoms with van der Waals surface area (Å²) in [6, 6.07) is -4.32. The molecule has 0 aromatic rings. The van der Waals surface area contributed by atoms with Crippen molar-refractivity contribution in [2.75, 3.05) is 0 Å². The fourth-order valence-corrected chi connectivity index (χ4v) is 2.30. The van der Waals surface area contributed by atoms with Crippen molar-refractivity contribution in [3.05, 3.63) is 0 Å². The molecule has 0 aliphatic rings. The number of aliphatic hydroxyl groups excluding tert-OH is 1. The first kappa shape index (κ1) is 25.8. The maximum Gasteiger partial charge on any atom is 0.325 e. The summed E-state index contributed by atoms with van der Waals surface area (Å²) in [4.78, 5) is 48.1. The molecule has 0 aromatic heterocycles. The number of hydrogen-bond acceptors (Lipinski definition) is 6. The standard InChI is InChI=1S/C18H34N4O6/c1-8(2)7-12(15(24)20-10(5)18(27)28)21-17(26)14(11(6)23)22-16(25)13(19)9(3)4/h8-14,23H,7,19H2,1-6H3,(H,20,24)(H,21,26)(H,22,25)(H,27,28). The van der Waals surface area contributed by atoms with Gasteiger partial charge in [-0.3, -0.25) is 19.2 Å². The Morgan fingerprint density at radius 3 is 1.79 bits per heavy atom. The first-order valence-electron chi connectivity index (χ1n) is 9.35. The van der Waals surface area contributed by atoms with Gasteiger partial charge in [0, 0.05) is 0 Å². The molecule has 0 radical (unpaired) electrons. The van der Waals surface area contributed by atoms with Crippen molar-refractivity contribution >= 4 is 23.7 Å². The van der Waals surface area contributed by atoms with Crippen molar-refractivity contribution in [1.82, 2.24) is 16.0 Å². The average molecular weight is 402 g/mol. The third-order valence-corrected chi connectivity index (χ3v) is 4.15. The Labute approximate surface area is 165 Å². The van der Waals surface area contributed by atoms with Gasteiger partial charge in [0.1, 0.15) is 18.1 Å². The number of carbonyl (C=O) groups is 4. The number of carboxylic acids is 1. The highest BCUT2D eigenvalue weighted by atomic mass is 16.4. The predicted molar refractivity (Wildman–Crippen MR) is 103 cm³/mol. The van der Waals surface area contributed by atoms with Crippen LogP contribution in [-0.4, -0.2) is 64.2 Å². The van der Waals surface area contributed by atoms with Gasteiger partial charge in [0.05, 0.1) is 12.1 Å². The molecule has 0 fully saturated rings. The van der Waals surface area contributed by atoms with E-state index in [4.69, 9.17) is 10.8 Å². The van der Waals surface area contributed by atoms with E-state index in [1.807, 2.05) is 13.8 Å². The van der Waals surface area contributed by atoms with Gasteiger partial charge in [0.2, 0.25) is 17.7 Å². The van der Waals surface area contributed by atoms with Crippen molar-refractivity contribution in [3.8, 4) is 0 Å². The number of aliphatic hydroxyl groups is 1. The largest absolute Gasteiger partial charge is 0.480 e. The molecule has 7 N–H and O–H groups in total. The van der Waals surface area contributed by atoms with Crippen LogP contribution in [0.4, 0.5) is 0 Å². The minimum atomic E-state index is -1.31. The molecule has 28 heavy (non-hydrogen) atoms. The van der Waals surface area contributed by atoms with Gasteiger partial charge in [-0.1, -0.05) is 27.7 Å². The average Bonchev–Trinajstić information content (AvgIpc) is 2.56. The Balaban J connectivity index is 5.29. The zero-order valence-electron chi connectivity index (χ0n) is 17.4.